The summed E-state index contributed by atoms with van der Waals surface area (Å²) in [5, 5.41) is 3.16. The summed E-state index contributed by atoms with van der Waals surface area (Å²) in [4.78, 5) is 22.2. The number of carbonyl (C=O) groups excluding carboxylic acids is 1. The number of rotatable bonds is 7. The highest BCUT2D eigenvalue weighted by Gasteiger charge is 2.33. The van der Waals surface area contributed by atoms with E-state index in [-0.39, 0.29) is 29.1 Å². The molecule has 2 rings (SSSR count). The minimum absolute atomic E-state index is 0.0275. The summed E-state index contributed by atoms with van der Waals surface area (Å²) in [5.41, 5.74) is 0.232. The molecule has 1 aromatic heterocycles. The Morgan fingerprint density at radius 2 is 2.13 bits per heavy atom. The van der Waals surface area contributed by atoms with Gasteiger partial charge in [-0.3, -0.25) is 4.79 Å². The van der Waals surface area contributed by atoms with Gasteiger partial charge in [-0.25, -0.2) is 18.4 Å². The van der Waals surface area contributed by atoms with E-state index in [0.29, 0.717) is 12.2 Å². The number of hydrogen-bond donors (Lipinski definition) is 1. The van der Waals surface area contributed by atoms with Crippen LogP contribution in [0.5, 0.6) is 0 Å². The molecule has 0 saturated carbocycles. The average Bonchev–Trinajstić information content (AvgIpc) is 2.91. The van der Waals surface area contributed by atoms with Crippen molar-refractivity contribution in [3.8, 4) is 0 Å². The van der Waals surface area contributed by atoms with Crippen molar-refractivity contribution < 1.29 is 13.2 Å². The Balaban J connectivity index is 1.92. The lowest BCUT2D eigenvalue weighted by Crippen LogP contribution is -2.38. The summed E-state index contributed by atoms with van der Waals surface area (Å²) < 4.78 is 23.0. The molecule has 1 saturated heterocycles. The molecule has 0 aliphatic carbocycles. The third kappa shape index (κ3) is 4.89. The van der Waals surface area contributed by atoms with Crippen LogP contribution in [0.1, 0.15) is 43.1 Å². The van der Waals surface area contributed by atoms with Crippen molar-refractivity contribution in [2.45, 2.75) is 38.6 Å². The van der Waals surface area contributed by atoms with E-state index in [0.717, 1.165) is 25.8 Å². The Hall–Kier alpha value is -1.70. The van der Waals surface area contributed by atoms with Crippen molar-refractivity contribution in [2.24, 2.45) is 0 Å². The normalized spacial score (nSPS) is 19.5. The number of sulfone groups is 1. The first-order valence-electron chi connectivity index (χ1n) is 7.96. The highest BCUT2D eigenvalue weighted by Crippen LogP contribution is 2.18. The molecule has 1 aliphatic heterocycles. The molecule has 8 heteroatoms. The average molecular weight is 340 g/mol. The first-order valence-corrected chi connectivity index (χ1v) is 9.78. The highest BCUT2D eigenvalue weighted by molar-refractivity contribution is 7.91. The van der Waals surface area contributed by atoms with E-state index in [1.807, 2.05) is 0 Å². The fourth-order valence-corrected chi connectivity index (χ4v) is 4.32. The number of carbonyl (C=O) groups is 1. The minimum atomic E-state index is -3.02. The predicted molar refractivity (Wildman–Crippen MR) is 89.2 cm³/mol. The molecular weight excluding hydrogens is 316 g/mol. The number of anilines is 1. The molecule has 128 valence electrons. The Kier molecular flexibility index (Phi) is 5.92. The van der Waals surface area contributed by atoms with Crippen LogP contribution in [0.4, 0.5) is 5.82 Å². The standard InChI is InChI=1S/C15H24N4O3S/c1-3-4-5-7-16-14-10-17-13(9-18-14)15(20)19(2)12-6-8-23(21,22)11-12/h9-10,12H,3-8,11H2,1-2H3,(H,16,18). The molecule has 0 bridgehead atoms. The monoisotopic (exact) mass is 340 g/mol. The molecule has 7 nitrogen and oxygen atoms in total. The van der Waals surface area contributed by atoms with Crippen LogP contribution in [0.15, 0.2) is 12.4 Å². The lowest BCUT2D eigenvalue weighted by molar-refractivity contribution is 0.0741. The van der Waals surface area contributed by atoms with E-state index < -0.39 is 9.84 Å². The lowest BCUT2D eigenvalue weighted by atomic mass is 10.2. The third-order valence-corrected chi connectivity index (χ3v) is 5.78. The van der Waals surface area contributed by atoms with Crippen molar-refractivity contribution >= 4 is 21.6 Å². The van der Waals surface area contributed by atoms with Crippen LogP contribution in [-0.2, 0) is 9.84 Å². The molecule has 1 aromatic rings. The molecule has 1 atom stereocenters. The van der Waals surface area contributed by atoms with Crippen molar-refractivity contribution in [2.75, 3.05) is 30.4 Å². The van der Waals surface area contributed by atoms with Crippen LogP contribution < -0.4 is 5.32 Å². The number of amides is 1. The largest absolute Gasteiger partial charge is 0.369 e. The summed E-state index contributed by atoms with van der Waals surface area (Å²) in [6.07, 6.45) is 6.84. The van der Waals surface area contributed by atoms with Crippen molar-refractivity contribution in [1.82, 2.24) is 14.9 Å². The number of nitrogens with one attached hydrogen (secondary N) is 1. The highest BCUT2D eigenvalue weighted by atomic mass is 32.2. The van der Waals surface area contributed by atoms with Gasteiger partial charge in [0.2, 0.25) is 0 Å². The van der Waals surface area contributed by atoms with E-state index in [2.05, 4.69) is 22.2 Å². The van der Waals surface area contributed by atoms with Crippen LogP contribution in [0.3, 0.4) is 0 Å². The van der Waals surface area contributed by atoms with Gasteiger partial charge in [-0.1, -0.05) is 19.8 Å². The van der Waals surface area contributed by atoms with E-state index >= 15 is 0 Å². The Bertz CT molecular complexity index is 631. The number of unbranched alkanes of at least 4 members (excludes halogenated alkanes) is 2. The fraction of sp³-hybridized carbons (Fsp3) is 0.667. The zero-order chi connectivity index (χ0) is 16.9. The summed E-state index contributed by atoms with van der Waals surface area (Å²) in [5.74, 6) is 0.516. The van der Waals surface area contributed by atoms with Gasteiger partial charge in [0.1, 0.15) is 11.5 Å². The quantitative estimate of drug-likeness (QED) is 0.753. The second-order valence-electron chi connectivity index (χ2n) is 5.89. The minimum Gasteiger partial charge on any atom is -0.369 e. The van der Waals surface area contributed by atoms with Gasteiger partial charge in [0, 0.05) is 19.6 Å². The fourth-order valence-electron chi connectivity index (χ4n) is 2.55. The van der Waals surface area contributed by atoms with Crippen molar-refractivity contribution in [3.63, 3.8) is 0 Å². The maximum atomic E-state index is 12.4. The summed E-state index contributed by atoms with van der Waals surface area (Å²) in [6, 6.07) is -0.277. The maximum Gasteiger partial charge on any atom is 0.274 e. The van der Waals surface area contributed by atoms with Crippen LogP contribution >= 0.6 is 0 Å². The topological polar surface area (TPSA) is 92.3 Å². The molecular formula is C15H24N4O3S. The predicted octanol–water partition coefficient (Wildman–Crippen LogP) is 1.34. The second-order valence-corrected chi connectivity index (χ2v) is 8.12. The lowest BCUT2D eigenvalue weighted by Gasteiger charge is -2.22. The van der Waals surface area contributed by atoms with Crippen LogP contribution in [0, 0.1) is 0 Å². The molecule has 1 aliphatic rings. The van der Waals surface area contributed by atoms with Crippen LogP contribution in [0.2, 0.25) is 0 Å². The van der Waals surface area contributed by atoms with Crippen molar-refractivity contribution in [3.05, 3.63) is 18.1 Å². The number of aromatic nitrogens is 2. The van der Waals surface area contributed by atoms with E-state index in [9.17, 15) is 13.2 Å². The first-order chi connectivity index (χ1) is 10.9. The van der Waals surface area contributed by atoms with E-state index in [1.165, 1.54) is 11.1 Å². The van der Waals surface area contributed by atoms with Gasteiger partial charge in [0.25, 0.3) is 5.91 Å². The van der Waals surface area contributed by atoms with Gasteiger partial charge < -0.3 is 10.2 Å². The number of nitrogens with zero attached hydrogens (tertiary/aromatic N) is 3. The smallest absolute Gasteiger partial charge is 0.274 e. The second kappa shape index (κ2) is 7.72. The van der Waals surface area contributed by atoms with Gasteiger partial charge in [-0.15, -0.1) is 0 Å². The molecule has 1 amide bonds. The molecule has 1 N–H and O–H groups in total. The Morgan fingerprint density at radius 3 is 2.70 bits per heavy atom. The molecule has 23 heavy (non-hydrogen) atoms. The Morgan fingerprint density at radius 1 is 1.35 bits per heavy atom. The van der Waals surface area contributed by atoms with Crippen LogP contribution in [-0.4, -0.2) is 60.3 Å². The van der Waals surface area contributed by atoms with Crippen LogP contribution in [0.25, 0.3) is 0 Å². The van der Waals surface area contributed by atoms with E-state index in [1.54, 1.807) is 13.2 Å². The molecule has 1 unspecified atom stereocenters. The van der Waals surface area contributed by atoms with Gasteiger partial charge in [0.15, 0.2) is 9.84 Å². The summed E-state index contributed by atoms with van der Waals surface area (Å²) in [6.45, 7) is 2.97. The molecule has 2 heterocycles. The zero-order valence-electron chi connectivity index (χ0n) is 13.7. The third-order valence-electron chi connectivity index (χ3n) is 4.03. The maximum absolute atomic E-state index is 12.4. The molecule has 0 radical (unpaired) electrons. The van der Waals surface area contributed by atoms with Gasteiger partial charge in [-0.2, -0.15) is 0 Å². The van der Waals surface area contributed by atoms with Gasteiger partial charge >= 0.3 is 0 Å². The molecule has 0 spiro atoms. The molecule has 0 aromatic carbocycles. The van der Waals surface area contributed by atoms with Gasteiger partial charge in [-0.05, 0) is 12.8 Å². The Labute approximate surface area is 137 Å². The SMILES string of the molecule is CCCCCNc1cnc(C(=O)N(C)C2CCS(=O)(=O)C2)cn1. The van der Waals surface area contributed by atoms with E-state index in [4.69, 9.17) is 0 Å². The van der Waals surface area contributed by atoms with Crippen molar-refractivity contribution in [1.29, 1.82) is 0 Å². The zero-order valence-corrected chi connectivity index (χ0v) is 14.5. The summed E-state index contributed by atoms with van der Waals surface area (Å²) >= 11 is 0. The molecule has 1 fully saturated rings. The van der Waals surface area contributed by atoms with Gasteiger partial charge in [0.05, 0.1) is 23.9 Å². The summed E-state index contributed by atoms with van der Waals surface area (Å²) in [7, 11) is -1.40. The number of hydrogen-bond acceptors (Lipinski definition) is 6. The first kappa shape index (κ1) is 17.7.